The molecule has 1 unspecified atom stereocenters. The average molecular weight is 191 g/mol. The largest absolute Gasteiger partial charge is 0.496 e. The molecule has 0 aliphatic heterocycles. The van der Waals surface area contributed by atoms with Crippen molar-refractivity contribution in [3.8, 4) is 0 Å². The highest BCUT2D eigenvalue weighted by atomic mass is 28.3. The fourth-order valence-corrected chi connectivity index (χ4v) is 2.07. The summed E-state index contributed by atoms with van der Waals surface area (Å²) in [5.41, 5.74) is 0. The van der Waals surface area contributed by atoms with Crippen molar-refractivity contribution in [2.75, 3.05) is 13.1 Å². The van der Waals surface area contributed by atoms with Crippen LogP contribution in [-0.2, 0) is 13.7 Å². The van der Waals surface area contributed by atoms with Gasteiger partial charge in [0.15, 0.2) is 0 Å². The molecule has 0 aromatic carbocycles. The monoisotopic (exact) mass is 191 g/mol. The number of hydroxylamine groups is 2. The Kier molecular flexibility index (Phi) is 5.96. The van der Waals surface area contributed by atoms with Crippen LogP contribution in [0.25, 0.3) is 0 Å². The predicted molar refractivity (Wildman–Crippen MR) is 48.8 cm³/mol. The van der Waals surface area contributed by atoms with E-state index in [4.69, 9.17) is 8.95 Å². The van der Waals surface area contributed by atoms with Gasteiger partial charge in [0.2, 0.25) is 0 Å². The van der Waals surface area contributed by atoms with Gasteiger partial charge in [0.1, 0.15) is 0 Å². The zero-order chi connectivity index (χ0) is 9.56. The maximum Gasteiger partial charge on any atom is 0.400 e. The van der Waals surface area contributed by atoms with E-state index < -0.39 is 9.28 Å². The van der Waals surface area contributed by atoms with Crippen LogP contribution in [-0.4, -0.2) is 33.4 Å². The lowest BCUT2D eigenvalue weighted by Crippen LogP contribution is -2.33. The Morgan fingerprint density at radius 2 is 1.92 bits per heavy atom. The van der Waals surface area contributed by atoms with Gasteiger partial charge in [-0.25, -0.2) is 0 Å². The van der Waals surface area contributed by atoms with Crippen LogP contribution >= 0.6 is 0 Å². The van der Waals surface area contributed by atoms with Crippen molar-refractivity contribution in [3.63, 3.8) is 0 Å². The molecule has 0 saturated carbocycles. The number of rotatable bonds is 5. The molecule has 0 aromatic heterocycles. The first kappa shape index (κ1) is 11.6. The summed E-state index contributed by atoms with van der Waals surface area (Å²) in [4.78, 5) is 10.5. The molecule has 0 bridgehead atoms. The van der Waals surface area contributed by atoms with Crippen LogP contribution in [0.4, 0.5) is 0 Å². The number of hydrogen-bond donors (Lipinski definition) is 0. The second-order valence-corrected chi connectivity index (χ2v) is 3.98. The fourth-order valence-electron chi connectivity index (χ4n) is 0.838. The molecule has 0 spiro atoms. The van der Waals surface area contributed by atoms with Crippen LogP contribution in [0, 0.1) is 0 Å². The maximum atomic E-state index is 10.5. The Morgan fingerprint density at radius 3 is 2.25 bits per heavy atom. The lowest BCUT2D eigenvalue weighted by Gasteiger charge is -2.21. The molecule has 0 radical (unpaired) electrons. The first-order chi connectivity index (χ1) is 5.60. The smallest absolute Gasteiger partial charge is 0.400 e. The molecule has 72 valence electrons. The summed E-state index contributed by atoms with van der Waals surface area (Å²) in [7, 11) is -1.78. The van der Waals surface area contributed by atoms with E-state index in [1.807, 2.05) is 20.4 Å². The molecule has 0 saturated heterocycles. The first-order valence-corrected chi connectivity index (χ1v) is 6.28. The van der Waals surface area contributed by atoms with Crippen molar-refractivity contribution >= 4 is 15.3 Å². The van der Waals surface area contributed by atoms with Gasteiger partial charge in [-0.1, -0.05) is 13.8 Å². The minimum absolute atomic E-state index is 0.263. The Hall–Kier alpha value is -0.393. The normalized spacial score (nSPS) is 13.1. The molecule has 0 amide bonds. The minimum Gasteiger partial charge on any atom is -0.496 e. The Morgan fingerprint density at radius 1 is 1.42 bits per heavy atom. The van der Waals surface area contributed by atoms with E-state index in [-0.39, 0.29) is 5.97 Å². The van der Waals surface area contributed by atoms with Crippen LogP contribution in [0.5, 0.6) is 0 Å². The Bertz CT molecular complexity index is 139. The van der Waals surface area contributed by atoms with Gasteiger partial charge in [0, 0.05) is 20.0 Å². The summed E-state index contributed by atoms with van der Waals surface area (Å²) in [5.74, 6) is -0.263. The van der Waals surface area contributed by atoms with Crippen LogP contribution < -0.4 is 0 Å². The molecule has 0 aromatic rings. The number of carbonyl (C=O) groups is 1. The van der Waals surface area contributed by atoms with Gasteiger partial charge >= 0.3 is 9.28 Å². The molecule has 12 heavy (non-hydrogen) atoms. The summed E-state index contributed by atoms with van der Waals surface area (Å²) in [5, 5.41) is 1.79. The van der Waals surface area contributed by atoms with Gasteiger partial charge in [-0.3, -0.25) is 4.79 Å². The van der Waals surface area contributed by atoms with Crippen LogP contribution in [0.15, 0.2) is 0 Å². The van der Waals surface area contributed by atoms with Crippen LogP contribution in [0.1, 0.15) is 20.8 Å². The van der Waals surface area contributed by atoms with Gasteiger partial charge in [0.25, 0.3) is 5.97 Å². The fraction of sp³-hybridized carbons (Fsp3) is 0.857. The van der Waals surface area contributed by atoms with Crippen LogP contribution in [0.2, 0.25) is 6.55 Å². The van der Waals surface area contributed by atoms with Gasteiger partial charge in [0.05, 0.1) is 0 Å². The number of carbonyl (C=O) groups excluding carboxylic acids is 1. The molecule has 0 N–H and O–H groups in total. The van der Waals surface area contributed by atoms with Crippen molar-refractivity contribution in [2.24, 2.45) is 0 Å². The van der Waals surface area contributed by atoms with E-state index in [9.17, 15) is 4.79 Å². The molecule has 1 atom stereocenters. The second kappa shape index (κ2) is 6.16. The molecule has 0 heterocycles. The lowest BCUT2D eigenvalue weighted by molar-refractivity contribution is -0.137. The van der Waals surface area contributed by atoms with Crippen molar-refractivity contribution < 1.29 is 13.7 Å². The molecule has 0 aliphatic carbocycles. The summed E-state index contributed by atoms with van der Waals surface area (Å²) < 4.78 is 10.3. The highest BCUT2D eigenvalue weighted by Crippen LogP contribution is 1.95. The molecular weight excluding hydrogens is 174 g/mol. The van der Waals surface area contributed by atoms with Crippen LogP contribution in [0.3, 0.4) is 0 Å². The maximum absolute atomic E-state index is 10.5. The second-order valence-electron chi connectivity index (χ2n) is 2.40. The zero-order valence-electron chi connectivity index (χ0n) is 8.16. The standard InChI is InChI=1S/C7H17NO3Si/c1-5-8(6-2)11-12(4)10-7(3)9/h12H,5-6H2,1-4H3. The topological polar surface area (TPSA) is 38.8 Å². The summed E-state index contributed by atoms with van der Waals surface area (Å²) in [6.45, 7) is 8.86. The van der Waals surface area contributed by atoms with Crippen molar-refractivity contribution in [2.45, 2.75) is 27.3 Å². The van der Waals surface area contributed by atoms with E-state index in [1.54, 1.807) is 5.06 Å². The minimum atomic E-state index is -1.78. The molecule has 0 fully saturated rings. The van der Waals surface area contributed by atoms with Crippen molar-refractivity contribution in [3.05, 3.63) is 0 Å². The van der Waals surface area contributed by atoms with E-state index >= 15 is 0 Å². The average Bonchev–Trinajstić information content (AvgIpc) is 1.98. The SMILES string of the molecule is CCN(CC)O[SiH](C)OC(C)=O. The predicted octanol–water partition coefficient (Wildman–Crippen LogP) is 0.673. The number of nitrogens with zero attached hydrogens (tertiary/aromatic N) is 1. The third-order valence-corrected chi connectivity index (χ3v) is 2.59. The third-order valence-electron chi connectivity index (χ3n) is 1.33. The lowest BCUT2D eigenvalue weighted by atomic mass is 10.6. The molecule has 5 heteroatoms. The quantitative estimate of drug-likeness (QED) is 0.473. The Labute approximate surface area is 75.3 Å². The zero-order valence-corrected chi connectivity index (χ0v) is 9.32. The van der Waals surface area contributed by atoms with Gasteiger partial charge in [-0.15, -0.1) is 0 Å². The highest BCUT2D eigenvalue weighted by molar-refractivity contribution is 6.44. The van der Waals surface area contributed by atoms with E-state index in [1.165, 1.54) is 6.92 Å². The molecule has 0 aliphatic rings. The van der Waals surface area contributed by atoms with Gasteiger partial charge in [-0.2, -0.15) is 5.06 Å². The molecule has 0 rings (SSSR count). The van der Waals surface area contributed by atoms with Gasteiger partial charge < -0.3 is 8.95 Å². The molecule has 4 nitrogen and oxygen atoms in total. The summed E-state index contributed by atoms with van der Waals surface area (Å²) in [6, 6.07) is 0. The molecular formula is C7H17NO3Si. The van der Waals surface area contributed by atoms with E-state index in [2.05, 4.69) is 0 Å². The van der Waals surface area contributed by atoms with Crippen molar-refractivity contribution in [1.29, 1.82) is 0 Å². The summed E-state index contributed by atoms with van der Waals surface area (Å²) >= 11 is 0. The van der Waals surface area contributed by atoms with E-state index in [0.29, 0.717) is 0 Å². The first-order valence-electron chi connectivity index (χ1n) is 4.19. The highest BCUT2D eigenvalue weighted by Gasteiger charge is 2.12. The number of hydrogen-bond acceptors (Lipinski definition) is 4. The van der Waals surface area contributed by atoms with Gasteiger partial charge in [-0.05, 0) is 6.55 Å². The Balaban J connectivity index is 3.65. The van der Waals surface area contributed by atoms with Crippen molar-refractivity contribution in [1.82, 2.24) is 5.06 Å². The van der Waals surface area contributed by atoms with E-state index in [0.717, 1.165) is 13.1 Å². The summed E-state index contributed by atoms with van der Waals surface area (Å²) in [6.07, 6.45) is 0. The third kappa shape index (κ3) is 5.28.